The number of aryl methyl sites for hydroxylation is 2. The van der Waals surface area contributed by atoms with Gasteiger partial charge in [0.15, 0.2) is 11.8 Å². The van der Waals surface area contributed by atoms with E-state index in [4.69, 9.17) is 4.74 Å². The molecule has 1 aromatic heterocycles. The third-order valence-corrected chi connectivity index (χ3v) is 3.86. The van der Waals surface area contributed by atoms with E-state index in [-0.39, 0.29) is 6.10 Å². The van der Waals surface area contributed by atoms with Gasteiger partial charge in [0.2, 0.25) is 0 Å². The highest BCUT2D eigenvalue weighted by atomic mass is 16.5. The van der Waals surface area contributed by atoms with Crippen LogP contribution in [0.5, 0.6) is 5.75 Å². The molecular formula is C19H28N6O. The number of nitrogens with one attached hydrogen (secondary N) is 2. The lowest BCUT2D eigenvalue weighted by molar-refractivity contribution is 0.223. The highest BCUT2D eigenvalue weighted by Gasteiger charge is 2.08. The average Bonchev–Trinajstić information content (AvgIpc) is 2.93. The van der Waals surface area contributed by atoms with Gasteiger partial charge in [0.1, 0.15) is 24.2 Å². The second-order valence-electron chi connectivity index (χ2n) is 6.18. The van der Waals surface area contributed by atoms with Gasteiger partial charge < -0.3 is 19.9 Å². The minimum absolute atomic E-state index is 0.00963. The van der Waals surface area contributed by atoms with E-state index in [1.807, 2.05) is 56.7 Å². The summed E-state index contributed by atoms with van der Waals surface area (Å²) in [6, 6.07) is 8.03. The zero-order valence-corrected chi connectivity index (χ0v) is 16.0. The van der Waals surface area contributed by atoms with E-state index in [1.54, 1.807) is 6.08 Å². The molecule has 0 fully saturated rings. The highest BCUT2D eigenvalue weighted by Crippen LogP contribution is 2.13. The van der Waals surface area contributed by atoms with Crippen LogP contribution in [0.2, 0.25) is 0 Å². The van der Waals surface area contributed by atoms with Crippen LogP contribution in [0.1, 0.15) is 24.1 Å². The number of ether oxygens (including phenoxy) is 1. The molecule has 0 aliphatic heterocycles. The Hall–Kier alpha value is -2.83. The fraction of sp³-hybridized carbons (Fsp3) is 0.421. The molecule has 2 aromatic rings. The quantitative estimate of drug-likeness (QED) is 0.430. The first-order valence-electron chi connectivity index (χ1n) is 8.71. The van der Waals surface area contributed by atoms with E-state index >= 15 is 0 Å². The molecule has 0 amide bonds. The number of guanidine groups is 1. The molecule has 2 N–H and O–H groups in total. The fourth-order valence-corrected chi connectivity index (χ4v) is 2.28. The fourth-order valence-electron chi connectivity index (χ4n) is 2.28. The number of hydrogen-bond acceptors (Lipinski definition) is 4. The molecule has 0 spiro atoms. The van der Waals surface area contributed by atoms with Crippen molar-refractivity contribution in [3.05, 3.63) is 54.1 Å². The Morgan fingerprint density at radius 3 is 2.81 bits per heavy atom. The molecule has 1 heterocycles. The van der Waals surface area contributed by atoms with Crippen molar-refractivity contribution >= 4 is 5.96 Å². The van der Waals surface area contributed by atoms with Gasteiger partial charge in [-0.2, -0.15) is 0 Å². The van der Waals surface area contributed by atoms with Crippen LogP contribution in [0.15, 0.2) is 41.9 Å². The molecule has 0 saturated carbocycles. The van der Waals surface area contributed by atoms with Crippen molar-refractivity contribution in [2.75, 3.05) is 13.1 Å². The van der Waals surface area contributed by atoms with Crippen molar-refractivity contribution < 1.29 is 4.74 Å². The molecule has 0 saturated heterocycles. The van der Waals surface area contributed by atoms with Gasteiger partial charge >= 0.3 is 0 Å². The van der Waals surface area contributed by atoms with E-state index in [2.05, 4.69) is 32.4 Å². The second-order valence-corrected chi connectivity index (χ2v) is 6.18. The maximum atomic E-state index is 5.94. The molecule has 0 aliphatic carbocycles. The topological polar surface area (TPSA) is 76.4 Å². The maximum absolute atomic E-state index is 5.94. The summed E-state index contributed by atoms with van der Waals surface area (Å²) in [5.74, 6) is 3.23. The summed E-state index contributed by atoms with van der Waals surface area (Å²) in [6.45, 7) is 11.4. The van der Waals surface area contributed by atoms with Gasteiger partial charge in [0, 0.05) is 13.6 Å². The Morgan fingerprint density at radius 1 is 1.35 bits per heavy atom. The lowest BCUT2D eigenvalue weighted by Gasteiger charge is -2.18. The van der Waals surface area contributed by atoms with Gasteiger partial charge in [-0.05, 0) is 38.5 Å². The zero-order valence-electron chi connectivity index (χ0n) is 16.0. The molecule has 1 unspecified atom stereocenters. The van der Waals surface area contributed by atoms with Gasteiger partial charge in [-0.15, -0.1) is 16.8 Å². The van der Waals surface area contributed by atoms with Gasteiger partial charge in [0.05, 0.1) is 6.54 Å². The lowest BCUT2D eigenvalue weighted by atomic mass is 10.2. The summed E-state index contributed by atoms with van der Waals surface area (Å²) < 4.78 is 7.87. The molecule has 7 heteroatoms. The van der Waals surface area contributed by atoms with Crippen LogP contribution < -0.4 is 15.4 Å². The molecule has 140 valence electrons. The minimum atomic E-state index is -0.00963. The molecule has 0 aliphatic rings. The smallest absolute Gasteiger partial charge is 0.192 e. The van der Waals surface area contributed by atoms with Crippen LogP contribution in [-0.2, 0) is 13.6 Å². The van der Waals surface area contributed by atoms with E-state index in [9.17, 15) is 0 Å². The molecule has 7 nitrogen and oxygen atoms in total. The van der Waals surface area contributed by atoms with E-state index in [0.717, 1.165) is 17.4 Å². The van der Waals surface area contributed by atoms with Gasteiger partial charge in [-0.1, -0.05) is 18.2 Å². The van der Waals surface area contributed by atoms with Crippen LogP contribution in [0.3, 0.4) is 0 Å². The standard InChI is InChI=1S/C19H28N6O/c1-6-10-20-19(22-13-18-24-23-16(4)25(18)5)21-12-15(3)26-17-9-7-8-14(2)11-17/h6-9,11,15H,1,10,12-13H2,2-5H3,(H2,20,21,22). The summed E-state index contributed by atoms with van der Waals surface area (Å²) in [6.07, 6.45) is 1.78. The van der Waals surface area contributed by atoms with Gasteiger partial charge in [-0.25, -0.2) is 4.99 Å². The van der Waals surface area contributed by atoms with Crippen molar-refractivity contribution in [1.29, 1.82) is 0 Å². The van der Waals surface area contributed by atoms with Crippen molar-refractivity contribution in [2.24, 2.45) is 12.0 Å². The number of rotatable bonds is 8. The molecule has 1 aromatic carbocycles. The zero-order chi connectivity index (χ0) is 18.9. The Balaban J connectivity index is 1.92. The summed E-state index contributed by atoms with van der Waals surface area (Å²) in [5.41, 5.74) is 1.18. The minimum Gasteiger partial charge on any atom is -0.489 e. The lowest BCUT2D eigenvalue weighted by Crippen LogP contribution is -2.42. The summed E-state index contributed by atoms with van der Waals surface area (Å²) in [4.78, 5) is 4.57. The first-order chi connectivity index (χ1) is 12.5. The van der Waals surface area contributed by atoms with E-state index in [1.165, 1.54) is 5.56 Å². The van der Waals surface area contributed by atoms with Crippen LogP contribution >= 0.6 is 0 Å². The van der Waals surface area contributed by atoms with Crippen molar-refractivity contribution in [1.82, 2.24) is 25.4 Å². The SMILES string of the molecule is C=CCNC(=NCc1nnc(C)n1C)NCC(C)Oc1cccc(C)c1. The summed E-state index contributed by atoms with van der Waals surface area (Å²) in [5, 5.41) is 14.7. The second kappa shape index (κ2) is 9.60. The number of aromatic nitrogens is 3. The van der Waals surface area contributed by atoms with Crippen LogP contribution in [0.25, 0.3) is 0 Å². The van der Waals surface area contributed by atoms with Crippen molar-refractivity contribution in [3.63, 3.8) is 0 Å². The molecule has 0 radical (unpaired) electrons. The molecule has 26 heavy (non-hydrogen) atoms. The third-order valence-electron chi connectivity index (χ3n) is 3.86. The van der Waals surface area contributed by atoms with E-state index < -0.39 is 0 Å². The molecular weight excluding hydrogens is 328 g/mol. The molecule has 2 rings (SSSR count). The Kier molecular flexibility index (Phi) is 7.20. The largest absolute Gasteiger partial charge is 0.489 e. The Labute approximate surface area is 155 Å². The van der Waals surface area contributed by atoms with Crippen LogP contribution in [0, 0.1) is 13.8 Å². The summed E-state index contributed by atoms with van der Waals surface area (Å²) >= 11 is 0. The number of benzene rings is 1. The van der Waals surface area contributed by atoms with Crippen molar-refractivity contribution in [2.45, 2.75) is 33.4 Å². The number of aliphatic imine (C=N–C) groups is 1. The normalized spacial score (nSPS) is 12.5. The Bertz CT molecular complexity index is 752. The molecule has 0 bridgehead atoms. The first-order valence-corrected chi connectivity index (χ1v) is 8.71. The molecule has 1 atom stereocenters. The predicted octanol–water partition coefficient (Wildman–Crippen LogP) is 2.12. The number of nitrogens with zero attached hydrogens (tertiary/aromatic N) is 4. The van der Waals surface area contributed by atoms with Crippen LogP contribution in [0.4, 0.5) is 0 Å². The highest BCUT2D eigenvalue weighted by molar-refractivity contribution is 5.79. The van der Waals surface area contributed by atoms with Gasteiger partial charge in [0.25, 0.3) is 0 Å². The summed E-state index contributed by atoms with van der Waals surface area (Å²) in [7, 11) is 1.93. The van der Waals surface area contributed by atoms with Crippen LogP contribution in [-0.4, -0.2) is 39.9 Å². The predicted molar refractivity (Wildman–Crippen MR) is 104 cm³/mol. The monoisotopic (exact) mass is 356 g/mol. The van der Waals surface area contributed by atoms with E-state index in [0.29, 0.717) is 25.6 Å². The number of hydrogen-bond donors (Lipinski definition) is 2. The average molecular weight is 356 g/mol. The first kappa shape index (κ1) is 19.5. The maximum Gasteiger partial charge on any atom is 0.192 e. The Morgan fingerprint density at radius 2 is 2.15 bits per heavy atom. The third kappa shape index (κ3) is 5.91. The van der Waals surface area contributed by atoms with Gasteiger partial charge in [-0.3, -0.25) is 0 Å². The van der Waals surface area contributed by atoms with Crippen molar-refractivity contribution in [3.8, 4) is 5.75 Å².